The van der Waals surface area contributed by atoms with Crippen molar-refractivity contribution in [3.63, 3.8) is 0 Å². The number of carbonyl (C=O) groups excluding carboxylic acids is 3. The fraction of sp³-hybridized carbons (Fsp3) is 0.948. The Hall–Kier alpha value is -1.59. The van der Waals surface area contributed by atoms with Crippen LogP contribution in [-0.4, -0.2) is 37.2 Å². The lowest BCUT2D eigenvalue weighted by Crippen LogP contribution is -2.30. The molecule has 0 aliphatic carbocycles. The highest BCUT2D eigenvalue weighted by atomic mass is 16.6. The highest BCUT2D eigenvalue weighted by Crippen LogP contribution is 2.18. The highest BCUT2D eigenvalue weighted by Gasteiger charge is 2.19. The molecule has 0 saturated carbocycles. The molecule has 1 atom stereocenters. The molecule has 0 N–H and O–H groups in total. The summed E-state index contributed by atoms with van der Waals surface area (Å²) in [5, 5.41) is 0. The van der Waals surface area contributed by atoms with Crippen LogP contribution in [-0.2, 0) is 28.6 Å². The van der Waals surface area contributed by atoms with Gasteiger partial charge in [0.2, 0.25) is 0 Å². The van der Waals surface area contributed by atoms with Gasteiger partial charge in [-0.3, -0.25) is 14.4 Å². The molecule has 0 fully saturated rings. The second kappa shape index (κ2) is 52.4. The summed E-state index contributed by atoms with van der Waals surface area (Å²) in [5.74, 6) is -0.00301. The molecule has 0 heterocycles. The summed E-state index contributed by atoms with van der Waals surface area (Å²) in [5.41, 5.74) is 0. The Morgan fingerprint density at radius 1 is 0.297 bits per heavy atom. The van der Waals surface area contributed by atoms with Crippen molar-refractivity contribution < 1.29 is 28.6 Å². The topological polar surface area (TPSA) is 78.9 Å². The van der Waals surface area contributed by atoms with E-state index >= 15 is 0 Å². The minimum atomic E-state index is -0.762. The minimum Gasteiger partial charge on any atom is -0.462 e. The van der Waals surface area contributed by atoms with Crippen molar-refractivity contribution in [1.82, 2.24) is 0 Å². The van der Waals surface area contributed by atoms with Crippen LogP contribution >= 0.6 is 0 Å². The number of hydrogen-bond acceptors (Lipinski definition) is 6. The standard InChI is InChI=1S/C58H112O6/c1-5-7-9-11-13-15-17-19-21-23-25-30-34-38-42-46-50-57(60)63-53-55(64-58(61)51-47-43-39-35-31-27-26-28-32-36-40-44-48-54(3)4)52-62-56(59)49-45-41-37-33-29-24-22-20-18-16-14-12-10-8-6-2/h54-55H,5-53H2,1-4H3/t55-/m1/s1. The third-order valence-electron chi connectivity index (χ3n) is 13.3. The van der Waals surface area contributed by atoms with E-state index < -0.39 is 6.10 Å². The quantitative estimate of drug-likeness (QED) is 0.0344. The molecule has 0 unspecified atom stereocenters. The van der Waals surface area contributed by atoms with Gasteiger partial charge in [0.25, 0.3) is 0 Å². The predicted molar refractivity (Wildman–Crippen MR) is 275 cm³/mol. The van der Waals surface area contributed by atoms with Crippen molar-refractivity contribution in [1.29, 1.82) is 0 Å². The summed E-state index contributed by atoms with van der Waals surface area (Å²) in [4.78, 5) is 38.1. The molecule has 0 saturated heterocycles. The normalized spacial score (nSPS) is 12.0. The van der Waals surface area contributed by atoms with E-state index in [2.05, 4.69) is 27.7 Å². The van der Waals surface area contributed by atoms with Gasteiger partial charge >= 0.3 is 17.9 Å². The molecule has 64 heavy (non-hydrogen) atoms. The van der Waals surface area contributed by atoms with E-state index in [4.69, 9.17) is 14.2 Å². The molecule has 380 valence electrons. The van der Waals surface area contributed by atoms with Crippen LogP contribution in [0.4, 0.5) is 0 Å². The van der Waals surface area contributed by atoms with Gasteiger partial charge in [-0.15, -0.1) is 0 Å². The molecule has 0 amide bonds. The second-order valence-electron chi connectivity index (χ2n) is 20.4. The van der Waals surface area contributed by atoms with Crippen molar-refractivity contribution in [2.75, 3.05) is 13.2 Å². The average Bonchev–Trinajstić information content (AvgIpc) is 3.28. The van der Waals surface area contributed by atoms with E-state index in [0.29, 0.717) is 19.3 Å². The van der Waals surface area contributed by atoms with Crippen molar-refractivity contribution in [3.05, 3.63) is 0 Å². The summed E-state index contributed by atoms with van der Waals surface area (Å²) in [6, 6.07) is 0. The molecule has 0 rings (SSSR count). The molecule has 0 aromatic carbocycles. The van der Waals surface area contributed by atoms with Crippen LogP contribution in [0.3, 0.4) is 0 Å². The first-order valence-corrected chi connectivity index (χ1v) is 28.9. The van der Waals surface area contributed by atoms with E-state index in [1.54, 1.807) is 0 Å². The Labute approximate surface area is 399 Å². The van der Waals surface area contributed by atoms with Crippen LogP contribution in [0.5, 0.6) is 0 Å². The fourth-order valence-electron chi connectivity index (χ4n) is 8.92. The highest BCUT2D eigenvalue weighted by molar-refractivity contribution is 5.71. The smallest absolute Gasteiger partial charge is 0.306 e. The van der Waals surface area contributed by atoms with E-state index in [1.807, 2.05) is 0 Å². The Balaban J connectivity index is 4.30. The Morgan fingerprint density at radius 2 is 0.516 bits per heavy atom. The zero-order chi connectivity index (χ0) is 46.7. The SMILES string of the molecule is CCCCCCCCCCCCCCCCCCC(=O)OC[C@@H](COC(=O)CCCCCCCCCCCCCCCCC)OC(=O)CCCCCCCCCCCCCCC(C)C. The number of hydrogen-bond donors (Lipinski definition) is 0. The lowest BCUT2D eigenvalue weighted by Gasteiger charge is -2.18. The van der Waals surface area contributed by atoms with Crippen molar-refractivity contribution in [2.45, 2.75) is 336 Å². The molecule has 0 aliphatic rings. The van der Waals surface area contributed by atoms with Gasteiger partial charge in [-0.25, -0.2) is 0 Å². The summed E-state index contributed by atoms with van der Waals surface area (Å²) >= 11 is 0. The predicted octanol–water partition coefficient (Wildman–Crippen LogP) is 19.0. The van der Waals surface area contributed by atoms with Gasteiger partial charge in [-0.1, -0.05) is 291 Å². The largest absolute Gasteiger partial charge is 0.462 e. The van der Waals surface area contributed by atoms with Crippen LogP contribution < -0.4 is 0 Å². The van der Waals surface area contributed by atoms with Gasteiger partial charge in [0.1, 0.15) is 13.2 Å². The summed E-state index contributed by atoms with van der Waals surface area (Å²) in [7, 11) is 0. The maximum Gasteiger partial charge on any atom is 0.306 e. The van der Waals surface area contributed by atoms with Crippen molar-refractivity contribution >= 4 is 17.9 Å². The number of rotatable bonds is 53. The van der Waals surface area contributed by atoms with Crippen LogP contribution in [0.25, 0.3) is 0 Å². The second-order valence-corrected chi connectivity index (χ2v) is 20.4. The zero-order valence-corrected chi connectivity index (χ0v) is 43.8. The van der Waals surface area contributed by atoms with Crippen LogP contribution in [0.1, 0.15) is 329 Å². The first-order chi connectivity index (χ1) is 31.4. The fourth-order valence-corrected chi connectivity index (χ4v) is 8.92. The van der Waals surface area contributed by atoms with E-state index in [-0.39, 0.29) is 31.1 Å². The molecule has 0 spiro atoms. The zero-order valence-electron chi connectivity index (χ0n) is 43.8. The minimum absolute atomic E-state index is 0.0619. The van der Waals surface area contributed by atoms with Gasteiger partial charge < -0.3 is 14.2 Å². The Kier molecular flexibility index (Phi) is 51.1. The average molecular weight is 906 g/mol. The summed E-state index contributed by atoms with van der Waals surface area (Å²) in [6.45, 7) is 9.06. The molecule has 0 aromatic heterocycles. The molecular weight excluding hydrogens is 793 g/mol. The molecule has 0 radical (unpaired) electrons. The van der Waals surface area contributed by atoms with Crippen molar-refractivity contribution in [3.8, 4) is 0 Å². The van der Waals surface area contributed by atoms with Gasteiger partial charge in [0.15, 0.2) is 6.10 Å². The summed E-state index contributed by atoms with van der Waals surface area (Å²) in [6.07, 6.45) is 56.6. The molecule has 6 nitrogen and oxygen atoms in total. The number of ether oxygens (including phenoxy) is 3. The first-order valence-electron chi connectivity index (χ1n) is 28.9. The lowest BCUT2D eigenvalue weighted by atomic mass is 10.0. The molecule has 6 heteroatoms. The maximum absolute atomic E-state index is 12.8. The Bertz CT molecular complexity index is 964. The van der Waals surface area contributed by atoms with Crippen molar-refractivity contribution in [2.24, 2.45) is 5.92 Å². The maximum atomic E-state index is 12.8. The monoisotopic (exact) mass is 905 g/mol. The van der Waals surface area contributed by atoms with E-state index in [0.717, 1.165) is 63.7 Å². The molecular formula is C58H112O6. The lowest BCUT2D eigenvalue weighted by molar-refractivity contribution is -0.167. The third-order valence-corrected chi connectivity index (χ3v) is 13.3. The summed E-state index contributed by atoms with van der Waals surface area (Å²) < 4.78 is 16.9. The van der Waals surface area contributed by atoms with Crippen LogP contribution in [0.2, 0.25) is 0 Å². The third kappa shape index (κ3) is 51.4. The van der Waals surface area contributed by atoms with Gasteiger partial charge in [-0.05, 0) is 25.2 Å². The molecule has 0 bridgehead atoms. The molecule has 0 aromatic rings. The number of esters is 3. The van der Waals surface area contributed by atoms with E-state index in [9.17, 15) is 14.4 Å². The van der Waals surface area contributed by atoms with Gasteiger partial charge in [0, 0.05) is 19.3 Å². The number of carbonyl (C=O) groups is 3. The van der Waals surface area contributed by atoms with Crippen LogP contribution in [0.15, 0.2) is 0 Å². The van der Waals surface area contributed by atoms with E-state index in [1.165, 1.54) is 225 Å². The van der Waals surface area contributed by atoms with Gasteiger partial charge in [-0.2, -0.15) is 0 Å². The number of unbranched alkanes of at least 4 members (excludes halogenated alkanes) is 40. The van der Waals surface area contributed by atoms with Gasteiger partial charge in [0.05, 0.1) is 0 Å². The Morgan fingerprint density at radius 3 is 0.766 bits per heavy atom. The molecule has 0 aliphatic heterocycles. The van der Waals surface area contributed by atoms with Crippen LogP contribution in [0, 0.1) is 5.92 Å². The first kappa shape index (κ1) is 62.4.